The van der Waals surface area contributed by atoms with E-state index in [0.717, 1.165) is 76.7 Å². The van der Waals surface area contributed by atoms with Crippen molar-refractivity contribution in [2.45, 2.75) is 11.4 Å². The minimum absolute atomic E-state index is 0.270. The van der Waals surface area contributed by atoms with Gasteiger partial charge in [0, 0.05) is 47.4 Å². The summed E-state index contributed by atoms with van der Waals surface area (Å²) >= 11 is 1.67. The first-order valence-corrected chi connectivity index (χ1v) is 12.9. The number of ether oxygens (including phenoxy) is 1. The van der Waals surface area contributed by atoms with Crippen LogP contribution in [0.3, 0.4) is 0 Å². The number of urea groups is 1. The standard InChI is InChI=1S/C28H28N4O2S/c1-35-23-10-8-21(9-11-23)30-28(33)31-27-13-12-24(25-4-2-3-5-26(25)27)20-6-7-22(29-18-20)19-32-14-16-34-17-15-32/h2-13,18H,14-17,19H2,1H3,(H2,30,31,33). The summed E-state index contributed by atoms with van der Waals surface area (Å²) in [6.45, 7) is 4.29. The number of rotatable bonds is 6. The van der Waals surface area contributed by atoms with Crippen molar-refractivity contribution in [1.82, 2.24) is 9.88 Å². The van der Waals surface area contributed by atoms with E-state index < -0.39 is 0 Å². The van der Waals surface area contributed by atoms with Crippen LogP contribution < -0.4 is 10.6 Å². The van der Waals surface area contributed by atoms with Crippen molar-refractivity contribution in [3.63, 3.8) is 0 Å². The number of hydrogen-bond donors (Lipinski definition) is 2. The molecule has 0 unspecified atom stereocenters. The van der Waals surface area contributed by atoms with Gasteiger partial charge in [0.25, 0.3) is 0 Å². The van der Waals surface area contributed by atoms with E-state index >= 15 is 0 Å². The van der Waals surface area contributed by atoms with Crippen LogP contribution in [-0.4, -0.2) is 48.5 Å². The lowest BCUT2D eigenvalue weighted by Crippen LogP contribution is -2.35. The van der Waals surface area contributed by atoms with Gasteiger partial charge in [0.1, 0.15) is 0 Å². The van der Waals surface area contributed by atoms with Crippen molar-refractivity contribution in [1.29, 1.82) is 0 Å². The number of amides is 2. The quantitative estimate of drug-likeness (QED) is 0.324. The van der Waals surface area contributed by atoms with Crippen molar-refractivity contribution in [3.05, 3.63) is 84.7 Å². The highest BCUT2D eigenvalue weighted by Crippen LogP contribution is 2.33. The van der Waals surface area contributed by atoms with Crippen LogP contribution in [0.15, 0.2) is 83.9 Å². The maximum absolute atomic E-state index is 12.7. The maximum atomic E-state index is 12.7. The lowest BCUT2D eigenvalue weighted by molar-refractivity contribution is 0.0336. The predicted molar refractivity (Wildman–Crippen MR) is 144 cm³/mol. The molecule has 0 radical (unpaired) electrons. The van der Waals surface area contributed by atoms with E-state index in [1.54, 1.807) is 11.8 Å². The molecule has 1 aromatic heterocycles. The Hall–Kier alpha value is -3.39. The molecule has 1 fully saturated rings. The second kappa shape index (κ2) is 10.9. The van der Waals surface area contributed by atoms with Crippen molar-refractivity contribution in [2.24, 2.45) is 0 Å². The van der Waals surface area contributed by atoms with Crippen LogP contribution in [-0.2, 0) is 11.3 Å². The molecule has 1 aliphatic rings. The lowest BCUT2D eigenvalue weighted by atomic mass is 9.98. The monoisotopic (exact) mass is 484 g/mol. The molecule has 2 amide bonds. The fourth-order valence-electron chi connectivity index (χ4n) is 4.28. The Morgan fingerprint density at radius 1 is 0.943 bits per heavy atom. The number of hydrogen-bond acceptors (Lipinski definition) is 5. The zero-order valence-corrected chi connectivity index (χ0v) is 20.5. The number of carbonyl (C=O) groups excluding carboxylic acids is 1. The van der Waals surface area contributed by atoms with Gasteiger partial charge in [-0.15, -0.1) is 11.8 Å². The third-order valence-corrected chi connectivity index (χ3v) is 6.89. The number of nitrogens with zero attached hydrogens (tertiary/aromatic N) is 2. The molecular formula is C28H28N4O2S. The van der Waals surface area contributed by atoms with Gasteiger partial charge in [-0.2, -0.15) is 0 Å². The molecule has 3 aromatic carbocycles. The van der Waals surface area contributed by atoms with Crippen LogP contribution in [0.4, 0.5) is 16.2 Å². The van der Waals surface area contributed by atoms with E-state index in [9.17, 15) is 4.79 Å². The smallest absolute Gasteiger partial charge is 0.323 e. The normalized spacial score (nSPS) is 14.1. The van der Waals surface area contributed by atoms with Crippen molar-refractivity contribution >= 4 is 39.9 Å². The summed E-state index contributed by atoms with van der Waals surface area (Å²) in [5, 5.41) is 7.97. The van der Waals surface area contributed by atoms with E-state index in [0.29, 0.717) is 0 Å². The van der Waals surface area contributed by atoms with Crippen LogP contribution >= 0.6 is 11.8 Å². The third-order valence-electron chi connectivity index (χ3n) is 6.15. The van der Waals surface area contributed by atoms with Crippen LogP contribution in [0, 0.1) is 0 Å². The Bertz CT molecular complexity index is 1300. The Morgan fingerprint density at radius 2 is 1.71 bits per heavy atom. The summed E-state index contributed by atoms with van der Waals surface area (Å²) < 4.78 is 5.43. The van der Waals surface area contributed by atoms with Gasteiger partial charge in [-0.25, -0.2) is 4.79 Å². The SMILES string of the molecule is CSc1ccc(NC(=O)Nc2ccc(-c3ccc(CN4CCOCC4)nc3)c3ccccc23)cc1. The second-order valence-corrected chi connectivity index (χ2v) is 9.32. The van der Waals surface area contributed by atoms with Crippen molar-refractivity contribution < 1.29 is 9.53 Å². The van der Waals surface area contributed by atoms with Gasteiger partial charge in [-0.3, -0.25) is 9.88 Å². The fraction of sp³-hybridized carbons (Fsp3) is 0.214. The van der Waals surface area contributed by atoms with Crippen LogP contribution in [0.1, 0.15) is 5.69 Å². The van der Waals surface area contributed by atoms with Gasteiger partial charge in [-0.1, -0.05) is 36.4 Å². The fourth-order valence-corrected chi connectivity index (χ4v) is 4.69. The largest absolute Gasteiger partial charge is 0.379 e. The number of morpholine rings is 1. The van der Waals surface area contributed by atoms with Gasteiger partial charge in [0.15, 0.2) is 0 Å². The topological polar surface area (TPSA) is 66.5 Å². The van der Waals surface area contributed by atoms with E-state index in [1.165, 1.54) is 0 Å². The second-order valence-electron chi connectivity index (χ2n) is 8.44. The van der Waals surface area contributed by atoms with Crippen molar-refractivity contribution in [3.8, 4) is 11.1 Å². The number of benzene rings is 3. The predicted octanol–water partition coefficient (Wildman–Crippen LogP) is 6.10. The average Bonchev–Trinajstić information content (AvgIpc) is 2.90. The number of nitrogens with one attached hydrogen (secondary N) is 2. The molecule has 6 nitrogen and oxygen atoms in total. The number of pyridine rings is 1. The Labute approximate surface area is 209 Å². The summed E-state index contributed by atoms with van der Waals surface area (Å²) in [7, 11) is 0. The third kappa shape index (κ3) is 5.65. The Kier molecular flexibility index (Phi) is 7.28. The highest BCUT2D eigenvalue weighted by molar-refractivity contribution is 7.98. The number of aromatic nitrogens is 1. The zero-order valence-electron chi connectivity index (χ0n) is 19.7. The van der Waals surface area contributed by atoms with Gasteiger partial charge in [0.05, 0.1) is 24.6 Å². The van der Waals surface area contributed by atoms with E-state index in [4.69, 9.17) is 9.72 Å². The maximum Gasteiger partial charge on any atom is 0.323 e. The molecule has 7 heteroatoms. The number of thioether (sulfide) groups is 1. The van der Waals surface area contributed by atoms with Gasteiger partial charge in [-0.05, 0) is 53.6 Å². The van der Waals surface area contributed by atoms with Gasteiger partial charge in [0.2, 0.25) is 0 Å². The molecule has 2 N–H and O–H groups in total. The zero-order chi connectivity index (χ0) is 24.0. The summed E-state index contributed by atoms with van der Waals surface area (Å²) in [5.74, 6) is 0. The molecule has 178 valence electrons. The van der Waals surface area contributed by atoms with Gasteiger partial charge >= 0.3 is 6.03 Å². The molecule has 0 atom stereocenters. The highest BCUT2D eigenvalue weighted by atomic mass is 32.2. The Balaban J connectivity index is 1.34. The number of anilines is 2. The molecular weight excluding hydrogens is 456 g/mol. The molecule has 2 heterocycles. The average molecular weight is 485 g/mol. The first kappa shape index (κ1) is 23.4. The molecule has 0 spiro atoms. The van der Waals surface area contributed by atoms with Crippen LogP contribution in [0.5, 0.6) is 0 Å². The summed E-state index contributed by atoms with van der Waals surface area (Å²) in [4.78, 5) is 20.9. The van der Waals surface area contributed by atoms with Crippen LogP contribution in [0.25, 0.3) is 21.9 Å². The molecule has 1 aliphatic heterocycles. The molecule has 4 aromatic rings. The molecule has 0 aliphatic carbocycles. The summed E-state index contributed by atoms with van der Waals surface area (Å²) in [6, 6.07) is 23.9. The first-order chi connectivity index (χ1) is 17.2. The minimum Gasteiger partial charge on any atom is -0.379 e. The first-order valence-electron chi connectivity index (χ1n) is 11.7. The lowest BCUT2D eigenvalue weighted by Gasteiger charge is -2.26. The van der Waals surface area contributed by atoms with E-state index in [2.05, 4.69) is 33.7 Å². The van der Waals surface area contributed by atoms with Crippen LogP contribution in [0.2, 0.25) is 0 Å². The highest BCUT2D eigenvalue weighted by Gasteiger charge is 2.13. The number of carbonyl (C=O) groups is 1. The minimum atomic E-state index is -0.270. The number of fused-ring (bicyclic) bond motifs is 1. The van der Waals surface area contributed by atoms with Gasteiger partial charge < -0.3 is 15.4 Å². The van der Waals surface area contributed by atoms with E-state index in [1.807, 2.05) is 67.0 Å². The summed E-state index contributed by atoms with van der Waals surface area (Å²) in [6.07, 6.45) is 3.97. The molecule has 1 saturated heterocycles. The Morgan fingerprint density at radius 3 is 2.43 bits per heavy atom. The van der Waals surface area contributed by atoms with E-state index in [-0.39, 0.29) is 6.03 Å². The van der Waals surface area contributed by atoms with Crippen molar-refractivity contribution in [2.75, 3.05) is 43.2 Å². The molecule has 0 bridgehead atoms. The molecule has 0 saturated carbocycles. The summed E-state index contributed by atoms with van der Waals surface area (Å²) in [5.41, 5.74) is 4.71. The molecule has 35 heavy (non-hydrogen) atoms. The molecule has 5 rings (SSSR count).